The van der Waals surface area contributed by atoms with E-state index in [1.165, 1.54) is 31.3 Å². The molecule has 2 N–H and O–H groups in total. The molecule has 1 heterocycles. The minimum atomic E-state index is -0.272. The lowest BCUT2D eigenvalue weighted by molar-refractivity contribution is 0.102. The smallest absolute Gasteiger partial charge is 0.274 e. The molecule has 1 aliphatic rings. The van der Waals surface area contributed by atoms with Gasteiger partial charge < -0.3 is 20.1 Å². The fourth-order valence-electron chi connectivity index (χ4n) is 3.27. The molecule has 0 fully saturated rings. The normalized spacial score (nSPS) is 13.4. The lowest BCUT2D eigenvalue weighted by Gasteiger charge is -2.14. The van der Waals surface area contributed by atoms with E-state index in [1.54, 1.807) is 44.7 Å². The second-order valence-corrected chi connectivity index (χ2v) is 6.74. The highest BCUT2D eigenvalue weighted by molar-refractivity contribution is 6.03. The number of hydrogen-bond donors (Lipinski definition) is 2. The Morgan fingerprint density at radius 2 is 1.93 bits per heavy atom. The Morgan fingerprint density at radius 3 is 2.68 bits per heavy atom. The third kappa shape index (κ3) is 5.25. The first-order valence-electron chi connectivity index (χ1n) is 9.61. The Bertz CT molecular complexity index is 849. The minimum absolute atomic E-state index is 0.272. The number of methoxy groups -OCH3 is 2. The quantitative estimate of drug-likeness (QED) is 0.651. The first-order chi connectivity index (χ1) is 13.7. The number of allylic oxidation sites excluding steroid dienone is 1. The van der Waals surface area contributed by atoms with Crippen LogP contribution in [-0.4, -0.2) is 31.7 Å². The summed E-state index contributed by atoms with van der Waals surface area (Å²) in [5.41, 5.74) is 3.40. The van der Waals surface area contributed by atoms with Gasteiger partial charge in [0.2, 0.25) is 0 Å². The highest BCUT2D eigenvalue weighted by Crippen LogP contribution is 2.30. The minimum Gasteiger partial charge on any atom is -0.493 e. The van der Waals surface area contributed by atoms with E-state index in [4.69, 9.17) is 9.47 Å². The number of hydrogen-bond acceptors (Lipinski definition) is 5. The van der Waals surface area contributed by atoms with Crippen LogP contribution in [0.15, 0.2) is 48.2 Å². The molecule has 6 heteroatoms. The van der Waals surface area contributed by atoms with Crippen molar-refractivity contribution in [3.05, 3.63) is 53.9 Å². The summed E-state index contributed by atoms with van der Waals surface area (Å²) >= 11 is 0. The Hall–Kier alpha value is -3.02. The van der Waals surface area contributed by atoms with Crippen LogP contribution in [-0.2, 0) is 0 Å². The van der Waals surface area contributed by atoms with Gasteiger partial charge in [-0.15, -0.1) is 0 Å². The lowest BCUT2D eigenvalue weighted by atomic mass is 9.97. The fourth-order valence-corrected chi connectivity index (χ4v) is 3.27. The molecule has 28 heavy (non-hydrogen) atoms. The molecule has 6 nitrogen and oxygen atoms in total. The highest BCUT2D eigenvalue weighted by atomic mass is 16.5. The number of aromatic nitrogens is 1. The maximum Gasteiger partial charge on any atom is 0.274 e. The molecule has 0 bridgehead atoms. The average Bonchev–Trinajstić information content (AvgIpc) is 2.74. The van der Waals surface area contributed by atoms with E-state index in [0.29, 0.717) is 22.9 Å². The number of carbonyl (C=O) groups is 1. The number of amides is 1. The van der Waals surface area contributed by atoms with Crippen molar-refractivity contribution in [1.29, 1.82) is 0 Å². The van der Waals surface area contributed by atoms with Crippen LogP contribution in [0.1, 0.15) is 42.6 Å². The molecule has 0 saturated heterocycles. The number of carbonyl (C=O) groups excluding carboxylic acids is 1. The maximum absolute atomic E-state index is 12.6. The molecule has 0 spiro atoms. The van der Waals surface area contributed by atoms with Gasteiger partial charge in [0.15, 0.2) is 11.5 Å². The van der Waals surface area contributed by atoms with Gasteiger partial charge in [0.1, 0.15) is 5.69 Å². The Labute approximate surface area is 166 Å². The summed E-state index contributed by atoms with van der Waals surface area (Å²) in [5.74, 6) is 0.893. The van der Waals surface area contributed by atoms with E-state index in [9.17, 15) is 4.79 Å². The first kappa shape index (κ1) is 19.7. The molecule has 0 atom stereocenters. The van der Waals surface area contributed by atoms with Crippen molar-refractivity contribution in [3.8, 4) is 11.5 Å². The summed E-state index contributed by atoms with van der Waals surface area (Å²) < 4.78 is 10.5. The van der Waals surface area contributed by atoms with E-state index in [0.717, 1.165) is 18.7 Å². The molecule has 1 aromatic carbocycles. The van der Waals surface area contributed by atoms with Crippen LogP contribution in [0.5, 0.6) is 11.5 Å². The number of benzene rings is 1. The summed E-state index contributed by atoms with van der Waals surface area (Å²) in [4.78, 5) is 16.7. The van der Waals surface area contributed by atoms with Crippen molar-refractivity contribution in [2.24, 2.45) is 0 Å². The molecule has 0 unspecified atom stereocenters. The molecule has 3 rings (SSSR count). The number of ether oxygens (including phenoxy) is 2. The fraction of sp³-hybridized carbons (Fsp3) is 0.364. The monoisotopic (exact) mass is 381 g/mol. The van der Waals surface area contributed by atoms with E-state index < -0.39 is 0 Å². The van der Waals surface area contributed by atoms with Gasteiger partial charge in [-0.1, -0.05) is 11.6 Å². The number of anilines is 2. The predicted molar refractivity (Wildman–Crippen MR) is 111 cm³/mol. The zero-order valence-electron chi connectivity index (χ0n) is 16.5. The van der Waals surface area contributed by atoms with Crippen LogP contribution in [0.4, 0.5) is 11.4 Å². The maximum atomic E-state index is 12.6. The van der Waals surface area contributed by atoms with Gasteiger partial charge in [-0.05, 0) is 56.4 Å². The van der Waals surface area contributed by atoms with Gasteiger partial charge in [0.05, 0.1) is 14.2 Å². The zero-order valence-corrected chi connectivity index (χ0v) is 16.5. The van der Waals surface area contributed by atoms with Crippen LogP contribution >= 0.6 is 0 Å². The van der Waals surface area contributed by atoms with Gasteiger partial charge in [0.25, 0.3) is 5.91 Å². The van der Waals surface area contributed by atoms with E-state index in [2.05, 4.69) is 21.7 Å². The first-order valence-corrected chi connectivity index (χ1v) is 9.61. The average molecular weight is 381 g/mol. The summed E-state index contributed by atoms with van der Waals surface area (Å²) in [6, 6.07) is 8.88. The van der Waals surface area contributed by atoms with Crippen molar-refractivity contribution < 1.29 is 14.3 Å². The van der Waals surface area contributed by atoms with Crippen LogP contribution < -0.4 is 20.1 Å². The zero-order chi connectivity index (χ0) is 19.8. The molecule has 148 valence electrons. The number of nitrogens with one attached hydrogen (secondary N) is 2. The molecule has 0 saturated carbocycles. The van der Waals surface area contributed by atoms with Gasteiger partial charge in [0, 0.05) is 30.2 Å². The Kier molecular flexibility index (Phi) is 6.89. The van der Waals surface area contributed by atoms with Gasteiger partial charge >= 0.3 is 0 Å². The van der Waals surface area contributed by atoms with Crippen LogP contribution in [0.3, 0.4) is 0 Å². The van der Waals surface area contributed by atoms with Gasteiger partial charge in [-0.25, -0.2) is 0 Å². The van der Waals surface area contributed by atoms with Gasteiger partial charge in [-0.3, -0.25) is 9.78 Å². The van der Waals surface area contributed by atoms with Crippen LogP contribution in [0.25, 0.3) is 0 Å². The predicted octanol–water partition coefficient (Wildman–Crippen LogP) is 4.65. The highest BCUT2D eigenvalue weighted by Gasteiger charge is 2.11. The SMILES string of the molecule is COc1ccc(NC(=O)c2cc(NCCC3=CCCCC3)ccn2)cc1OC. The second kappa shape index (κ2) is 9.78. The van der Waals surface area contributed by atoms with Crippen molar-refractivity contribution in [2.45, 2.75) is 32.1 Å². The van der Waals surface area contributed by atoms with Gasteiger partial charge in [-0.2, -0.15) is 0 Å². The lowest BCUT2D eigenvalue weighted by Crippen LogP contribution is -2.14. The number of rotatable bonds is 8. The van der Waals surface area contributed by atoms with E-state index >= 15 is 0 Å². The molecular formula is C22H27N3O3. The summed E-state index contributed by atoms with van der Waals surface area (Å²) in [5, 5.41) is 6.23. The molecule has 1 aromatic heterocycles. The largest absolute Gasteiger partial charge is 0.493 e. The third-order valence-corrected chi connectivity index (χ3v) is 4.79. The van der Waals surface area contributed by atoms with Crippen molar-refractivity contribution in [3.63, 3.8) is 0 Å². The van der Waals surface area contributed by atoms with Crippen LogP contribution in [0.2, 0.25) is 0 Å². The molecule has 1 aliphatic carbocycles. The topological polar surface area (TPSA) is 72.5 Å². The summed E-state index contributed by atoms with van der Waals surface area (Å²) in [6.07, 6.45) is 10.0. The standard InChI is InChI=1S/C22H27N3O3/c1-27-20-9-8-18(15-21(20)28-2)25-22(26)19-14-17(11-13-24-19)23-12-10-16-6-4-3-5-7-16/h6,8-9,11,13-15H,3-5,7,10,12H2,1-2H3,(H,23,24)(H,25,26). The van der Waals surface area contributed by atoms with Crippen molar-refractivity contribution in [1.82, 2.24) is 4.98 Å². The Balaban J connectivity index is 1.59. The van der Waals surface area contributed by atoms with E-state index in [1.807, 2.05) is 6.07 Å². The third-order valence-electron chi connectivity index (χ3n) is 4.79. The molecule has 1 amide bonds. The summed E-state index contributed by atoms with van der Waals surface area (Å²) in [6.45, 7) is 0.854. The second-order valence-electron chi connectivity index (χ2n) is 6.74. The molecule has 2 aromatic rings. The molecule has 0 radical (unpaired) electrons. The van der Waals surface area contributed by atoms with E-state index in [-0.39, 0.29) is 5.91 Å². The Morgan fingerprint density at radius 1 is 1.07 bits per heavy atom. The molecule has 0 aliphatic heterocycles. The van der Waals surface area contributed by atoms with Crippen molar-refractivity contribution in [2.75, 3.05) is 31.4 Å². The molecular weight excluding hydrogens is 354 g/mol. The number of pyridine rings is 1. The van der Waals surface area contributed by atoms with Crippen LogP contribution in [0, 0.1) is 0 Å². The van der Waals surface area contributed by atoms with Crippen molar-refractivity contribution >= 4 is 17.3 Å². The number of nitrogens with zero attached hydrogens (tertiary/aromatic N) is 1. The summed E-state index contributed by atoms with van der Waals surface area (Å²) in [7, 11) is 3.13.